The van der Waals surface area contributed by atoms with Crippen LogP contribution in [0.2, 0.25) is 0 Å². The zero-order chi connectivity index (χ0) is 18.8. The lowest BCUT2D eigenvalue weighted by atomic mass is 10.0. The molecule has 1 N–H and O–H groups in total. The van der Waals surface area contributed by atoms with Gasteiger partial charge in [0.15, 0.2) is 0 Å². The van der Waals surface area contributed by atoms with Crippen LogP contribution < -0.4 is 5.32 Å². The van der Waals surface area contributed by atoms with Crippen molar-refractivity contribution in [1.82, 2.24) is 25.1 Å². The van der Waals surface area contributed by atoms with E-state index in [-0.39, 0.29) is 12.0 Å². The molecule has 7 nitrogen and oxygen atoms in total. The number of hydrogen-bond donors (Lipinski definition) is 1. The van der Waals surface area contributed by atoms with Crippen LogP contribution in [0.1, 0.15) is 37.6 Å². The van der Waals surface area contributed by atoms with E-state index in [1.807, 2.05) is 12.1 Å². The molecule has 0 aromatic carbocycles. The lowest BCUT2D eigenvalue weighted by molar-refractivity contribution is 0.336. The number of rotatable bonds is 6. The summed E-state index contributed by atoms with van der Waals surface area (Å²) in [6, 6.07) is 5.71. The Bertz CT molecular complexity index is 1040. The standard InChI is InChI=1S/C19H20N6OS/c1-4-13-9-14-17(21-10-22-19(14)27-13)23-15(11(2)3)18-24-16(25-26-18)12-5-7-20-8-6-12/h5-11,15H,4H2,1-3H3,(H,21,22,23). The van der Waals surface area contributed by atoms with Crippen LogP contribution in [-0.2, 0) is 6.42 Å². The highest BCUT2D eigenvalue weighted by molar-refractivity contribution is 7.18. The fourth-order valence-electron chi connectivity index (χ4n) is 2.84. The molecule has 0 spiro atoms. The van der Waals surface area contributed by atoms with E-state index in [9.17, 15) is 0 Å². The van der Waals surface area contributed by atoms with Gasteiger partial charge in [0.1, 0.15) is 23.0 Å². The van der Waals surface area contributed by atoms with Crippen molar-refractivity contribution in [2.24, 2.45) is 5.92 Å². The maximum atomic E-state index is 5.57. The molecule has 4 heterocycles. The van der Waals surface area contributed by atoms with Crippen molar-refractivity contribution >= 4 is 27.4 Å². The zero-order valence-electron chi connectivity index (χ0n) is 15.4. The summed E-state index contributed by atoms with van der Waals surface area (Å²) in [6.45, 7) is 6.36. The molecule has 8 heteroatoms. The van der Waals surface area contributed by atoms with Gasteiger partial charge in [0, 0.05) is 22.8 Å². The summed E-state index contributed by atoms with van der Waals surface area (Å²) in [5, 5.41) is 8.64. The minimum Gasteiger partial charge on any atom is -0.358 e. The molecule has 138 valence electrons. The van der Waals surface area contributed by atoms with Crippen molar-refractivity contribution in [1.29, 1.82) is 0 Å². The van der Waals surface area contributed by atoms with Crippen LogP contribution in [0.4, 0.5) is 5.82 Å². The lowest BCUT2D eigenvalue weighted by Crippen LogP contribution is -2.18. The predicted octanol–water partition coefficient (Wildman–Crippen LogP) is 4.51. The summed E-state index contributed by atoms with van der Waals surface area (Å²) < 4.78 is 5.57. The minimum atomic E-state index is -0.156. The molecule has 0 saturated heterocycles. The third kappa shape index (κ3) is 3.52. The molecule has 0 aliphatic carbocycles. The van der Waals surface area contributed by atoms with Gasteiger partial charge < -0.3 is 9.84 Å². The van der Waals surface area contributed by atoms with Gasteiger partial charge in [-0.05, 0) is 30.5 Å². The fourth-order valence-corrected chi connectivity index (χ4v) is 3.77. The van der Waals surface area contributed by atoms with E-state index in [2.05, 4.69) is 57.2 Å². The second-order valence-corrected chi connectivity index (χ2v) is 7.68. The van der Waals surface area contributed by atoms with E-state index in [4.69, 9.17) is 4.52 Å². The van der Waals surface area contributed by atoms with Crippen LogP contribution in [0, 0.1) is 5.92 Å². The third-order valence-electron chi connectivity index (χ3n) is 4.33. The maximum absolute atomic E-state index is 5.57. The number of aryl methyl sites for hydroxylation is 1. The van der Waals surface area contributed by atoms with Gasteiger partial charge in [-0.3, -0.25) is 4.98 Å². The quantitative estimate of drug-likeness (QED) is 0.526. The van der Waals surface area contributed by atoms with Crippen LogP contribution in [0.5, 0.6) is 0 Å². The smallest absolute Gasteiger partial charge is 0.249 e. The molecule has 0 aliphatic rings. The number of thiophene rings is 1. The number of hydrogen-bond acceptors (Lipinski definition) is 8. The lowest BCUT2D eigenvalue weighted by Gasteiger charge is -2.19. The monoisotopic (exact) mass is 380 g/mol. The van der Waals surface area contributed by atoms with Crippen molar-refractivity contribution in [3.05, 3.63) is 47.7 Å². The molecule has 0 aliphatic heterocycles. The molecule has 4 rings (SSSR count). The Morgan fingerprint density at radius 1 is 1.19 bits per heavy atom. The summed E-state index contributed by atoms with van der Waals surface area (Å²) in [4.78, 5) is 19.7. The van der Waals surface area contributed by atoms with E-state index >= 15 is 0 Å². The first-order chi connectivity index (χ1) is 13.2. The van der Waals surface area contributed by atoms with Crippen LogP contribution in [0.25, 0.3) is 21.6 Å². The van der Waals surface area contributed by atoms with Gasteiger partial charge in [0.05, 0.1) is 5.39 Å². The number of anilines is 1. The van der Waals surface area contributed by atoms with Crippen molar-refractivity contribution in [2.75, 3.05) is 5.32 Å². The first kappa shape index (κ1) is 17.5. The highest BCUT2D eigenvalue weighted by atomic mass is 32.1. The number of fused-ring (bicyclic) bond motifs is 1. The van der Waals surface area contributed by atoms with Gasteiger partial charge in [-0.1, -0.05) is 25.9 Å². The van der Waals surface area contributed by atoms with Gasteiger partial charge >= 0.3 is 0 Å². The average Bonchev–Trinajstić information content (AvgIpc) is 3.33. The topological polar surface area (TPSA) is 89.6 Å². The Morgan fingerprint density at radius 3 is 2.74 bits per heavy atom. The molecule has 1 unspecified atom stereocenters. The summed E-state index contributed by atoms with van der Waals surface area (Å²) in [5.41, 5.74) is 0.873. The normalized spacial score (nSPS) is 12.6. The molecule has 0 fully saturated rings. The van der Waals surface area contributed by atoms with Gasteiger partial charge in [0.25, 0.3) is 0 Å². The van der Waals surface area contributed by atoms with Crippen LogP contribution in [-0.4, -0.2) is 25.1 Å². The van der Waals surface area contributed by atoms with Gasteiger partial charge in [-0.25, -0.2) is 9.97 Å². The molecule has 0 radical (unpaired) electrons. The molecule has 4 aromatic heterocycles. The Labute approximate surface area is 160 Å². The van der Waals surface area contributed by atoms with Gasteiger partial charge in [0.2, 0.25) is 11.7 Å². The first-order valence-corrected chi connectivity index (χ1v) is 9.71. The zero-order valence-corrected chi connectivity index (χ0v) is 16.2. The third-order valence-corrected chi connectivity index (χ3v) is 5.52. The van der Waals surface area contributed by atoms with Crippen LogP contribution in [0.15, 0.2) is 41.4 Å². The average molecular weight is 380 g/mol. The van der Waals surface area contributed by atoms with E-state index in [1.54, 1.807) is 30.1 Å². The van der Waals surface area contributed by atoms with E-state index < -0.39 is 0 Å². The summed E-state index contributed by atoms with van der Waals surface area (Å²) in [7, 11) is 0. The molecule has 1 atom stereocenters. The van der Waals surface area contributed by atoms with Crippen molar-refractivity contribution in [3.8, 4) is 11.4 Å². The summed E-state index contributed by atoms with van der Waals surface area (Å²) in [6.07, 6.45) is 5.99. The second kappa shape index (κ2) is 7.40. The Hall–Kier alpha value is -2.87. The minimum absolute atomic E-state index is 0.156. The Kier molecular flexibility index (Phi) is 4.81. The van der Waals surface area contributed by atoms with Gasteiger partial charge in [-0.15, -0.1) is 11.3 Å². The molecule has 0 saturated carbocycles. The highest BCUT2D eigenvalue weighted by Gasteiger charge is 2.24. The Balaban J connectivity index is 1.67. The molecule has 0 amide bonds. The molecule has 4 aromatic rings. The molecular formula is C19H20N6OS. The van der Waals surface area contributed by atoms with E-state index in [0.29, 0.717) is 11.7 Å². The number of nitrogens with zero attached hydrogens (tertiary/aromatic N) is 5. The number of pyridine rings is 1. The van der Waals surface area contributed by atoms with Gasteiger partial charge in [-0.2, -0.15) is 4.98 Å². The highest BCUT2D eigenvalue weighted by Crippen LogP contribution is 2.32. The number of aromatic nitrogens is 5. The van der Waals surface area contributed by atoms with Crippen molar-refractivity contribution in [3.63, 3.8) is 0 Å². The second-order valence-electron chi connectivity index (χ2n) is 6.57. The summed E-state index contributed by atoms with van der Waals surface area (Å²) >= 11 is 1.70. The molecule has 27 heavy (non-hydrogen) atoms. The van der Waals surface area contributed by atoms with Crippen molar-refractivity contribution in [2.45, 2.75) is 33.2 Å². The van der Waals surface area contributed by atoms with Crippen molar-refractivity contribution < 1.29 is 4.52 Å². The predicted molar refractivity (Wildman–Crippen MR) is 106 cm³/mol. The SMILES string of the molecule is CCc1cc2c(NC(c3nc(-c4ccncc4)no3)C(C)C)ncnc2s1. The molecular weight excluding hydrogens is 360 g/mol. The fraction of sp³-hybridized carbons (Fsp3) is 0.316. The number of nitrogens with one attached hydrogen (secondary N) is 1. The van der Waals surface area contributed by atoms with Crippen LogP contribution >= 0.6 is 11.3 Å². The largest absolute Gasteiger partial charge is 0.358 e. The molecule has 0 bridgehead atoms. The van der Waals surface area contributed by atoms with Crippen LogP contribution in [0.3, 0.4) is 0 Å². The maximum Gasteiger partial charge on any atom is 0.249 e. The Morgan fingerprint density at radius 2 is 2.00 bits per heavy atom. The van der Waals surface area contributed by atoms with E-state index in [1.165, 1.54) is 4.88 Å². The first-order valence-electron chi connectivity index (χ1n) is 8.89. The van der Waals surface area contributed by atoms with E-state index in [0.717, 1.165) is 28.0 Å². The summed E-state index contributed by atoms with van der Waals surface area (Å²) in [5.74, 6) is 2.11.